The fraction of sp³-hybridized carbons (Fsp3) is 0.600. The second-order valence-corrected chi connectivity index (χ2v) is 6.10. The van der Waals surface area contributed by atoms with Crippen molar-refractivity contribution in [2.45, 2.75) is 26.8 Å². The first kappa shape index (κ1) is 16.0. The highest BCUT2D eigenvalue weighted by molar-refractivity contribution is 7.10. The molecule has 116 valence electrons. The Morgan fingerprint density at radius 1 is 1.33 bits per heavy atom. The van der Waals surface area contributed by atoms with Gasteiger partial charge in [0.1, 0.15) is 0 Å². The zero-order chi connectivity index (χ0) is 15.2. The van der Waals surface area contributed by atoms with E-state index in [0.29, 0.717) is 19.6 Å². The van der Waals surface area contributed by atoms with E-state index in [4.69, 9.17) is 0 Å². The third-order valence-corrected chi connectivity index (χ3v) is 4.85. The van der Waals surface area contributed by atoms with Crippen molar-refractivity contribution < 1.29 is 9.59 Å². The first-order valence-electron chi connectivity index (χ1n) is 7.47. The van der Waals surface area contributed by atoms with E-state index in [0.717, 1.165) is 13.0 Å². The predicted octanol–water partition coefficient (Wildman–Crippen LogP) is 1.09. The Balaban J connectivity index is 1.74. The van der Waals surface area contributed by atoms with E-state index in [2.05, 4.69) is 16.8 Å². The highest BCUT2D eigenvalue weighted by atomic mass is 32.1. The number of likely N-dealkylation sites (N-methyl/N-ethyl adjacent to an activating group) is 1. The van der Waals surface area contributed by atoms with Gasteiger partial charge < -0.3 is 9.80 Å². The SMILES string of the molecule is CCN(CC)C(=O)CNCC(=O)N1CCc2sccc2C1. The summed E-state index contributed by atoms with van der Waals surface area (Å²) in [6.45, 7) is 7.26. The molecule has 0 fully saturated rings. The molecule has 0 saturated carbocycles. The third-order valence-electron chi connectivity index (χ3n) is 3.83. The first-order valence-corrected chi connectivity index (χ1v) is 8.35. The van der Waals surface area contributed by atoms with Gasteiger partial charge in [0.05, 0.1) is 13.1 Å². The molecule has 0 unspecified atom stereocenters. The molecule has 0 bridgehead atoms. The molecule has 0 atom stereocenters. The van der Waals surface area contributed by atoms with Crippen molar-refractivity contribution in [3.63, 3.8) is 0 Å². The zero-order valence-electron chi connectivity index (χ0n) is 12.7. The van der Waals surface area contributed by atoms with Gasteiger partial charge >= 0.3 is 0 Å². The second kappa shape index (κ2) is 7.56. The number of amides is 2. The normalized spacial score (nSPS) is 13.9. The molecule has 2 rings (SSSR count). The van der Waals surface area contributed by atoms with Crippen LogP contribution >= 0.6 is 11.3 Å². The van der Waals surface area contributed by atoms with Crippen LogP contribution in [0.1, 0.15) is 24.3 Å². The summed E-state index contributed by atoms with van der Waals surface area (Å²) < 4.78 is 0. The van der Waals surface area contributed by atoms with Crippen molar-refractivity contribution in [2.24, 2.45) is 0 Å². The molecule has 0 spiro atoms. The molecule has 2 heterocycles. The van der Waals surface area contributed by atoms with Crippen LogP contribution in [-0.2, 0) is 22.6 Å². The number of rotatable bonds is 6. The van der Waals surface area contributed by atoms with Gasteiger partial charge in [-0.15, -0.1) is 11.3 Å². The summed E-state index contributed by atoms with van der Waals surface area (Å²) in [7, 11) is 0. The van der Waals surface area contributed by atoms with E-state index in [1.807, 2.05) is 18.7 Å². The lowest BCUT2D eigenvalue weighted by Gasteiger charge is -2.27. The van der Waals surface area contributed by atoms with Crippen LogP contribution in [0.5, 0.6) is 0 Å². The molecule has 1 aliphatic rings. The molecule has 2 amide bonds. The van der Waals surface area contributed by atoms with E-state index in [9.17, 15) is 9.59 Å². The van der Waals surface area contributed by atoms with Gasteiger partial charge in [0, 0.05) is 31.1 Å². The summed E-state index contributed by atoms with van der Waals surface area (Å²) in [6.07, 6.45) is 0.942. The Morgan fingerprint density at radius 3 is 2.81 bits per heavy atom. The van der Waals surface area contributed by atoms with Crippen molar-refractivity contribution >= 4 is 23.2 Å². The maximum Gasteiger partial charge on any atom is 0.236 e. The minimum Gasteiger partial charge on any atom is -0.342 e. The lowest BCUT2D eigenvalue weighted by Crippen LogP contribution is -2.44. The largest absolute Gasteiger partial charge is 0.342 e. The van der Waals surface area contributed by atoms with E-state index in [-0.39, 0.29) is 24.9 Å². The van der Waals surface area contributed by atoms with Crippen molar-refractivity contribution in [2.75, 3.05) is 32.7 Å². The molecule has 0 aliphatic carbocycles. The molecule has 1 aromatic heterocycles. The van der Waals surface area contributed by atoms with Gasteiger partial charge in [-0.1, -0.05) is 0 Å². The topological polar surface area (TPSA) is 52.7 Å². The predicted molar refractivity (Wildman–Crippen MR) is 84.2 cm³/mol. The summed E-state index contributed by atoms with van der Waals surface area (Å²) in [5.74, 6) is 0.116. The number of nitrogens with one attached hydrogen (secondary N) is 1. The molecule has 6 heteroatoms. The quantitative estimate of drug-likeness (QED) is 0.856. The molecule has 1 aromatic rings. The molecule has 0 saturated heterocycles. The number of carbonyl (C=O) groups is 2. The lowest BCUT2D eigenvalue weighted by molar-refractivity contribution is -0.132. The molecule has 5 nitrogen and oxygen atoms in total. The van der Waals surface area contributed by atoms with Gasteiger partial charge in [-0.05, 0) is 37.3 Å². The number of carbonyl (C=O) groups excluding carboxylic acids is 2. The van der Waals surface area contributed by atoms with Crippen LogP contribution in [0.3, 0.4) is 0 Å². The summed E-state index contributed by atoms with van der Waals surface area (Å²) >= 11 is 1.77. The van der Waals surface area contributed by atoms with Gasteiger partial charge in [-0.3, -0.25) is 14.9 Å². The highest BCUT2D eigenvalue weighted by Gasteiger charge is 2.21. The molecule has 21 heavy (non-hydrogen) atoms. The molecule has 1 N–H and O–H groups in total. The number of thiophene rings is 1. The average Bonchev–Trinajstić information content (AvgIpc) is 2.95. The van der Waals surface area contributed by atoms with Crippen molar-refractivity contribution in [1.82, 2.24) is 15.1 Å². The molecular weight excluding hydrogens is 286 g/mol. The number of fused-ring (bicyclic) bond motifs is 1. The average molecular weight is 309 g/mol. The fourth-order valence-corrected chi connectivity index (χ4v) is 3.43. The Kier molecular flexibility index (Phi) is 5.76. The van der Waals surface area contributed by atoms with Crippen LogP contribution in [0, 0.1) is 0 Å². The zero-order valence-corrected chi connectivity index (χ0v) is 13.5. The molecular formula is C15H23N3O2S. The van der Waals surface area contributed by atoms with Gasteiger partial charge in [0.2, 0.25) is 11.8 Å². The Morgan fingerprint density at radius 2 is 2.10 bits per heavy atom. The minimum absolute atomic E-state index is 0.0477. The van der Waals surface area contributed by atoms with Crippen LogP contribution in [0.25, 0.3) is 0 Å². The fourth-order valence-electron chi connectivity index (χ4n) is 2.54. The molecule has 0 radical (unpaired) electrons. The number of hydrogen-bond acceptors (Lipinski definition) is 4. The summed E-state index contributed by atoms with van der Waals surface area (Å²) in [5, 5.41) is 5.05. The Bertz CT molecular complexity index is 497. The summed E-state index contributed by atoms with van der Waals surface area (Å²) in [6, 6.07) is 2.09. The van der Waals surface area contributed by atoms with E-state index in [1.54, 1.807) is 16.2 Å². The van der Waals surface area contributed by atoms with Crippen LogP contribution in [0.15, 0.2) is 11.4 Å². The minimum atomic E-state index is 0.0477. The van der Waals surface area contributed by atoms with E-state index in [1.165, 1.54) is 10.4 Å². The maximum atomic E-state index is 12.2. The molecule has 1 aliphatic heterocycles. The highest BCUT2D eigenvalue weighted by Crippen LogP contribution is 2.23. The summed E-state index contributed by atoms with van der Waals surface area (Å²) in [4.78, 5) is 29.0. The molecule has 0 aromatic carbocycles. The Hall–Kier alpha value is -1.40. The number of hydrogen-bond donors (Lipinski definition) is 1. The number of nitrogens with zero attached hydrogens (tertiary/aromatic N) is 2. The van der Waals surface area contributed by atoms with E-state index >= 15 is 0 Å². The van der Waals surface area contributed by atoms with Crippen LogP contribution in [0.4, 0.5) is 0 Å². The smallest absolute Gasteiger partial charge is 0.236 e. The Labute approximate surface area is 129 Å². The standard InChI is InChI=1S/C15H23N3O2S/c1-3-17(4-2)14(19)9-16-10-15(20)18-7-5-13-12(11-18)6-8-21-13/h6,8,16H,3-5,7,9-11H2,1-2H3. The van der Waals surface area contributed by atoms with Gasteiger partial charge in [-0.2, -0.15) is 0 Å². The monoisotopic (exact) mass is 309 g/mol. The van der Waals surface area contributed by atoms with Crippen molar-refractivity contribution in [3.05, 3.63) is 21.9 Å². The van der Waals surface area contributed by atoms with Gasteiger partial charge in [-0.25, -0.2) is 0 Å². The van der Waals surface area contributed by atoms with Gasteiger partial charge in [0.15, 0.2) is 0 Å². The second-order valence-electron chi connectivity index (χ2n) is 5.10. The van der Waals surface area contributed by atoms with Crippen LogP contribution in [-0.4, -0.2) is 54.3 Å². The first-order chi connectivity index (χ1) is 10.2. The van der Waals surface area contributed by atoms with Crippen molar-refractivity contribution in [1.29, 1.82) is 0 Å². The third kappa shape index (κ3) is 4.04. The van der Waals surface area contributed by atoms with Crippen LogP contribution in [0.2, 0.25) is 0 Å². The van der Waals surface area contributed by atoms with Gasteiger partial charge in [0.25, 0.3) is 0 Å². The summed E-state index contributed by atoms with van der Waals surface area (Å²) in [5.41, 5.74) is 1.26. The van der Waals surface area contributed by atoms with E-state index < -0.39 is 0 Å². The maximum absolute atomic E-state index is 12.2. The lowest BCUT2D eigenvalue weighted by atomic mass is 10.1. The van der Waals surface area contributed by atoms with Crippen molar-refractivity contribution in [3.8, 4) is 0 Å². The van der Waals surface area contributed by atoms with Crippen LogP contribution < -0.4 is 5.32 Å².